The van der Waals surface area contributed by atoms with Crippen LogP contribution in [0.3, 0.4) is 0 Å². The molecule has 17 heavy (non-hydrogen) atoms. The topological polar surface area (TPSA) is 101 Å². The summed E-state index contributed by atoms with van der Waals surface area (Å²) in [5, 5.41) is 12.2. The molecule has 96 valence electrons. The Morgan fingerprint density at radius 3 is 2.94 bits per heavy atom. The third-order valence-electron chi connectivity index (χ3n) is 1.82. The van der Waals surface area contributed by atoms with E-state index in [2.05, 4.69) is 9.82 Å². The number of carboxylic acids is 1. The zero-order valence-electron chi connectivity index (χ0n) is 9.16. The van der Waals surface area contributed by atoms with Crippen LogP contribution in [0.1, 0.15) is 0 Å². The fourth-order valence-corrected chi connectivity index (χ4v) is 2.49. The van der Waals surface area contributed by atoms with E-state index >= 15 is 0 Å². The number of aliphatic carboxylic acids is 1. The Morgan fingerprint density at radius 1 is 1.65 bits per heavy atom. The molecule has 0 radical (unpaired) electrons. The molecule has 0 aliphatic rings. The summed E-state index contributed by atoms with van der Waals surface area (Å²) in [6.45, 7) is -0.0338. The van der Waals surface area contributed by atoms with Gasteiger partial charge in [-0.2, -0.15) is 16.9 Å². The van der Waals surface area contributed by atoms with Crippen molar-refractivity contribution in [1.29, 1.82) is 0 Å². The molecular weight excluding hydrogens is 266 g/mol. The molecule has 0 fully saturated rings. The monoisotopic (exact) mass is 279 g/mol. The van der Waals surface area contributed by atoms with Crippen LogP contribution in [-0.2, 0) is 21.4 Å². The Morgan fingerprint density at radius 2 is 2.35 bits per heavy atom. The fraction of sp³-hybridized carbons (Fsp3) is 0.500. The average Bonchev–Trinajstić information content (AvgIpc) is 2.66. The van der Waals surface area contributed by atoms with Crippen molar-refractivity contribution < 1.29 is 18.3 Å². The summed E-state index contributed by atoms with van der Waals surface area (Å²) in [6.07, 6.45) is 4.19. The second-order valence-corrected chi connectivity index (χ2v) is 5.91. The van der Waals surface area contributed by atoms with E-state index in [4.69, 9.17) is 5.11 Å². The highest BCUT2D eigenvalue weighted by atomic mass is 32.2. The molecule has 0 spiro atoms. The maximum absolute atomic E-state index is 11.7. The number of carboxylic acid groups (broad SMARTS) is 1. The van der Waals surface area contributed by atoms with Gasteiger partial charge in [-0.25, -0.2) is 13.1 Å². The van der Waals surface area contributed by atoms with Crippen LogP contribution in [0, 0.1) is 0 Å². The van der Waals surface area contributed by atoms with E-state index < -0.39 is 16.0 Å². The lowest BCUT2D eigenvalue weighted by molar-refractivity contribution is -0.137. The maximum atomic E-state index is 11.7. The molecule has 1 aromatic heterocycles. The van der Waals surface area contributed by atoms with Crippen LogP contribution in [-0.4, -0.2) is 47.8 Å². The SMILES string of the molecule is CSCCNS(=O)(=O)c1cnn(CC(=O)O)c1. The van der Waals surface area contributed by atoms with Gasteiger partial charge in [0.05, 0.1) is 6.20 Å². The van der Waals surface area contributed by atoms with E-state index in [-0.39, 0.29) is 11.4 Å². The number of thioether (sulfide) groups is 1. The van der Waals surface area contributed by atoms with Gasteiger partial charge in [-0.15, -0.1) is 0 Å². The van der Waals surface area contributed by atoms with Gasteiger partial charge in [0.15, 0.2) is 0 Å². The summed E-state index contributed by atoms with van der Waals surface area (Å²) in [6, 6.07) is 0. The van der Waals surface area contributed by atoms with Crippen molar-refractivity contribution in [2.45, 2.75) is 11.4 Å². The summed E-state index contributed by atoms with van der Waals surface area (Å²) < 4.78 is 26.8. The minimum atomic E-state index is -3.59. The molecule has 1 rings (SSSR count). The molecule has 2 N–H and O–H groups in total. The van der Waals surface area contributed by atoms with Gasteiger partial charge < -0.3 is 5.11 Å². The van der Waals surface area contributed by atoms with Crippen molar-refractivity contribution in [3.05, 3.63) is 12.4 Å². The zero-order valence-corrected chi connectivity index (χ0v) is 10.8. The summed E-state index contributed by atoms with van der Waals surface area (Å²) in [4.78, 5) is 10.4. The molecule has 0 amide bonds. The van der Waals surface area contributed by atoms with Gasteiger partial charge in [-0.3, -0.25) is 9.48 Å². The largest absolute Gasteiger partial charge is 0.480 e. The molecule has 0 aliphatic carbocycles. The first-order chi connectivity index (χ1) is 7.95. The number of aromatic nitrogens is 2. The molecule has 1 aromatic rings. The quantitative estimate of drug-likeness (QED) is 0.659. The van der Waals surface area contributed by atoms with Gasteiger partial charge in [0, 0.05) is 18.5 Å². The minimum Gasteiger partial charge on any atom is -0.480 e. The molecule has 0 aromatic carbocycles. The first-order valence-electron chi connectivity index (χ1n) is 4.68. The normalized spacial score (nSPS) is 11.6. The van der Waals surface area contributed by atoms with Gasteiger partial charge >= 0.3 is 5.97 Å². The van der Waals surface area contributed by atoms with Crippen LogP contribution in [0.4, 0.5) is 0 Å². The predicted molar refractivity (Wildman–Crippen MR) is 63.4 cm³/mol. The van der Waals surface area contributed by atoms with Crippen molar-refractivity contribution >= 4 is 27.8 Å². The minimum absolute atomic E-state index is 0.0279. The van der Waals surface area contributed by atoms with Gasteiger partial charge in [0.2, 0.25) is 10.0 Å². The van der Waals surface area contributed by atoms with E-state index in [1.165, 1.54) is 18.0 Å². The van der Waals surface area contributed by atoms with E-state index in [1.54, 1.807) is 0 Å². The van der Waals surface area contributed by atoms with Gasteiger partial charge in [0.1, 0.15) is 11.4 Å². The smallest absolute Gasteiger partial charge is 0.325 e. The zero-order chi connectivity index (χ0) is 12.9. The highest BCUT2D eigenvalue weighted by Gasteiger charge is 2.16. The first kappa shape index (κ1) is 14.0. The first-order valence-corrected chi connectivity index (χ1v) is 7.56. The standard InChI is InChI=1S/C8H13N3O4S2/c1-16-3-2-10-17(14,15)7-4-9-11(5-7)6-8(12)13/h4-5,10H,2-3,6H2,1H3,(H,12,13). The van der Waals surface area contributed by atoms with Crippen LogP contribution < -0.4 is 4.72 Å². The average molecular weight is 279 g/mol. The van der Waals surface area contributed by atoms with Crippen molar-refractivity contribution in [2.24, 2.45) is 0 Å². The van der Waals surface area contributed by atoms with E-state index in [0.29, 0.717) is 12.3 Å². The van der Waals surface area contributed by atoms with Crippen LogP contribution >= 0.6 is 11.8 Å². The molecular formula is C8H13N3O4S2. The summed E-state index contributed by atoms with van der Waals surface area (Å²) in [7, 11) is -3.59. The number of rotatable bonds is 7. The van der Waals surface area contributed by atoms with E-state index in [0.717, 1.165) is 10.9 Å². The van der Waals surface area contributed by atoms with Crippen molar-refractivity contribution in [1.82, 2.24) is 14.5 Å². The molecule has 9 heteroatoms. The second kappa shape index (κ2) is 6.03. The Labute approximate surface area is 103 Å². The number of hydrogen-bond donors (Lipinski definition) is 2. The van der Waals surface area contributed by atoms with Gasteiger partial charge in [-0.05, 0) is 6.26 Å². The van der Waals surface area contributed by atoms with Crippen LogP contribution in [0.2, 0.25) is 0 Å². The van der Waals surface area contributed by atoms with Crippen molar-refractivity contribution in [2.75, 3.05) is 18.6 Å². The van der Waals surface area contributed by atoms with E-state index in [9.17, 15) is 13.2 Å². The lowest BCUT2D eigenvalue weighted by atomic mass is 10.6. The molecule has 0 bridgehead atoms. The summed E-state index contributed by atoms with van der Waals surface area (Å²) in [5.74, 6) is -0.407. The molecule has 0 saturated carbocycles. The molecule has 0 saturated heterocycles. The number of nitrogens with zero attached hydrogens (tertiary/aromatic N) is 2. The highest BCUT2D eigenvalue weighted by Crippen LogP contribution is 2.06. The van der Waals surface area contributed by atoms with Gasteiger partial charge in [0.25, 0.3) is 0 Å². The lowest BCUT2D eigenvalue weighted by Crippen LogP contribution is -2.25. The third-order valence-corrected chi connectivity index (χ3v) is 3.84. The summed E-state index contributed by atoms with van der Waals surface area (Å²) >= 11 is 1.53. The predicted octanol–water partition coefficient (Wildman–Crippen LogP) is -0.391. The Hall–Kier alpha value is -1.06. The Balaban J connectivity index is 2.71. The van der Waals surface area contributed by atoms with Crippen molar-refractivity contribution in [3.63, 3.8) is 0 Å². The number of nitrogens with one attached hydrogen (secondary N) is 1. The number of carbonyl (C=O) groups is 1. The molecule has 1 heterocycles. The maximum Gasteiger partial charge on any atom is 0.325 e. The molecule has 0 unspecified atom stereocenters. The summed E-state index contributed by atoms with van der Waals surface area (Å²) in [5.41, 5.74) is 0. The molecule has 0 atom stereocenters. The van der Waals surface area contributed by atoms with Gasteiger partial charge in [-0.1, -0.05) is 0 Å². The third kappa shape index (κ3) is 4.36. The molecule has 0 aliphatic heterocycles. The van der Waals surface area contributed by atoms with Crippen molar-refractivity contribution in [3.8, 4) is 0 Å². The Bertz CT molecular complexity index is 483. The fourth-order valence-electron chi connectivity index (χ4n) is 1.07. The van der Waals surface area contributed by atoms with Crippen LogP contribution in [0.25, 0.3) is 0 Å². The second-order valence-electron chi connectivity index (χ2n) is 3.16. The number of sulfonamides is 1. The van der Waals surface area contributed by atoms with Crippen LogP contribution in [0.5, 0.6) is 0 Å². The molecule has 7 nitrogen and oxygen atoms in total. The van der Waals surface area contributed by atoms with Crippen LogP contribution in [0.15, 0.2) is 17.3 Å². The highest BCUT2D eigenvalue weighted by molar-refractivity contribution is 7.98. The lowest BCUT2D eigenvalue weighted by Gasteiger charge is -2.02. The van der Waals surface area contributed by atoms with E-state index in [1.807, 2.05) is 6.26 Å². The number of hydrogen-bond acceptors (Lipinski definition) is 5. The Kier molecular flexibility index (Phi) is 4.97.